The van der Waals surface area contributed by atoms with Crippen LogP contribution in [-0.4, -0.2) is 41.8 Å². The average molecular weight is 813 g/mol. The highest BCUT2D eigenvalue weighted by Gasteiger charge is 2.22. The minimum Gasteiger partial charge on any atom is -0.489 e. The van der Waals surface area contributed by atoms with E-state index in [1.54, 1.807) is 0 Å². The second kappa shape index (κ2) is 21.8. The Morgan fingerprint density at radius 3 is 1.18 bits per heavy atom. The molecule has 0 bridgehead atoms. The summed E-state index contributed by atoms with van der Waals surface area (Å²) >= 11 is 0. The molecule has 0 saturated heterocycles. The van der Waals surface area contributed by atoms with Crippen LogP contribution in [0.5, 0.6) is 11.5 Å². The van der Waals surface area contributed by atoms with Crippen molar-refractivity contribution >= 4 is 0 Å². The molecule has 0 amide bonds. The van der Waals surface area contributed by atoms with Gasteiger partial charge >= 0.3 is 0 Å². The van der Waals surface area contributed by atoms with Crippen molar-refractivity contribution in [2.75, 3.05) is 0 Å². The topological polar surface area (TPSA) is 140 Å². The number of ether oxygens (including phenoxy) is 2. The van der Waals surface area contributed by atoms with E-state index in [0.29, 0.717) is 37.2 Å². The van der Waals surface area contributed by atoms with Gasteiger partial charge in [-0.05, 0) is 130 Å². The van der Waals surface area contributed by atoms with E-state index in [-0.39, 0.29) is 26.4 Å². The fourth-order valence-electron chi connectivity index (χ4n) is 7.11. The summed E-state index contributed by atoms with van der Waals surface area (Å²) in [5.41, 5.74) is 9.82. The summed E-state index contributed by atoms with van der Waals surface area (Å²) in [6, 6.07) is 43.5. The van der Waals surface area contributed by atoms with Crippen molar-refractivity contribution in [3.63, 3.8) is 0 Å². The third kappa shape index (κ3) is 13.3. The summed E-state index contributed by atoms with van der Waals surface area (Å²) < 4.78 is 11.9. The zero-order valence-corrected chi connectivity index (χ0v) is 35.3. The van der Waals surface area contributed by atoms with Crippen LogP contribution < -0.4 is 9.47 Å². The van der Waals surface area contributed by atoms with E-state index < -0.39 is 11.2 Å². The summed E-state index contributed by atoms with van der Waals surface area (Å²) in [6.45, 7) is 8.01. The van der Waals surface area contributed by atoms with Gasteiger partial charge in [-0.1, -0.05) is 111 Å². The SMILES string of the molecule is CC(C)(O)Cc1cccc(-c2cccc(OCc3ccc(CO)c(CO)c3)c2)c1.CCC(O)(CC)Cc1cccc(-c2cccc(OCc3ccc(CO)c(CO)c3)c2)c1. The zero-order valence-electron chi connectivity index (χ0n) is 35.3. The summed E-state index contributed by atoms with van der Waals surface area (Å²) in [4.78, 5) is 0. The Balaban J connectivity index is 0.000000228. The standard InChI is InChI=1S/C27H32O4.C25H28O4/c1-3-27(30,4-2)16-20-7-5-8-22(13-20)23-9-6-10-26(15-23)31-19-21-11-12-24(17-28)25(14-21)18-29;1-25(2,28)14-18-5-3-6-20(11-18)21-7-4-8-24(13-21)29-17-19-9-10-22(15-26)23(12-19)16-27/h5-15,28-30H,3-4,16-19H2,1-2H3;3-13,26-28H,14-17H2,1-2H3. The van der Waals surface area contributed by atoms with Crippen LogP contribution in [0.25, 0.3) is 22.3 Å². The van der Waals surface area contributed by atoms with Gasteiger partial charge in [0.1, 0.15) is 24.7 Å². The molecular formula is C52H60O8. The number of hydrogen-bond donors (Lipinski definition) is 6. The first-order chi connectivity index (χ1) is 28.9. The minimum absolute atomic E-state index is 0.0912. The summed E-state index contributed by atoms with van der Waals surface area (Å²) in [5, 5.41) is 58.3. The van der Waals surface area contributed by atoms with Crippen molar-refractivity contribution < 1.29 is 40.1 Å². The van der Waals surface area contributed by atoms with Gasteiger partial charge in [-0.25, -0.2) is 0 Å². The van der Waals surface area contributed by atoms with Crippen LogP contribution in [-0.2, 0) is 52.5 Å². The van der Waals surface area contributed by atoms with Crippen molar-refractivity contribution in [3.05, 3.63) is 178 Å². The maximum absolute atomic E-state index is 10.7. The molecule has 0 aliphatic carbocycles. The van der Waals surface area contributed by atoms with E-state index in [0.717, 1.165) is 80.0 Å². The monoisotopic (exact) mass is 812 g/mol. The maximum Gasteiger partial charge on any atom is 0.120 e. The Hall–Kier alpha value is -5.32. The summed E-state index contributed by atoms with van der Waals surface area (Å²) in [6.07, 6.45) is 2.69. The van der Waals surface area contributed by atoms with Gasteiger partial charge in [-0.15, -0.1) is 0 Å². The van der Waals surface area contributed by atoms with Gasteiger partial charge in [-0.2, -0.15) is 0 Å². The highest BCUT2D eigenvalue weighted by Crippen LogP contribution is 2.29. The molecule has 0 radical (unpaired) electrons. The third-order valence-electron chi connectivity index (χ3n) is 10.7. The van der Waals surface area contributed by atoms with Crippen LogP contribution in [0.2, 0.25) is 0 Å². The predicted molar refractivity (Wildman–Crippen MR) is 238 cm³/mol. The minimum atomic E-state index is -0.747. The van der Waals surface area contributed by atoms with Crippen molar-refractivity contribution in [3.8, 4) is 33.8 Å². The van der Waals surface area contributed by atoms with Gasteiger partial charge in [0.2, 0.25) is 0 Å². The normalized spacial score (nSPS) is 11.5. The molecule has 8 heteroatoms. The fraction of sp³-hybridized carbons (Fsp3) is 0.308. The molecule has 0 fully saturated rings. The van der Waals surface area contributed by atoms with Gasteiger partial charge in [0.25, 0.3) is 0 Å². The molecule has 0 unspecified atom stereocenters. The molecule has 8 nitrogen and oxygen atoms in total. The van der Waals surface area contributed by atoms with E-state index in [9.17, 15) is 30.6 Å². The highest BCUT2D eigenvalue weighted by molar-refractivity contribution is 5.67. The van der Waals surface area contributed by atoms with E-state index in [1.165, 1.54) is 0 Å². The Bertz CT molecular complexity index is 2270. The fourth-order valence-corrected chi connectivity index (χ4v) is 7.11. The first-order valence-corrected chi connectivity index (χ1v) is 20.6. The van der Waals surface area contributed by atoms with Crippen molar-refractivity contribution in [1.29, 1.82) is 0 Å². The Morgan fingerprint density at radius 2 is 0.800 bits per heavy atom. The lowest BCUT2D eigenvalue weighted by molar-refractivity contribution is 0.0326. The van der Waals surface area contributed by atoms with Gasteiger partial charge in [-0.3, -0.25) is 0 Å². The number of rotatable bonds is 18. The number of aliphatic hydroxyl groups excluding tert-OH is 4. The second-order valence-corrected chi connectivity index (χ2v) is 16.0. The number of benzene rings is 6. The van der Waals surface area contributed by atoms with Gasteiger partial charge in [0.05, 0.1) is 37.6 Å². The second-order valence-electron chi connectivity index (χ2n) is 16.0. The first kappa shape index (κ1) is 45.8. The molecule has 0 aliphatic heterocycles. The summed E-state index contributed by atoms with van der Waals surface area (Å²) in [7, 11) is 0. The van der Waals surface area contributed by atoms with E-state index in [4.69, 9.17) is 9.47 Å². The van der Waals surface area contributed by atoms with Crippen LogP contribution in [0.3, 0.4) is 0 Å². The molecular weight excluding hydrogens is 753 g/mol. The van der Waals surface area contributed by atoms with E-state index in [2.05, 4.69) is 30.3 Å². The molecule has 60 heavy (non-hydrogen) atoms. The van der Waals surface area contributed by atoms with Crippen molar-refractivity contribution in [2.45, 2.75) is 104 Å². The quantitative estimate of drug-likeness (QED) is 0.0505. The smallest absolute Gasteiger partial charge is 0.120 e. The molecule has 316 valence electrons. The lowest BCUT2D eigenvalue weighted by atomic mass is 9.88. The number of hydrogen-bond acceptors (Lipinski definition) is 8. The predicted octanol–water partition coefficient (Wildman–Crippen LogP) is 9.24. The van der Waals surface area contributed by atoms with Crippen LogP contribution >= 0.6 is 0 Å². The molecule has 0 aromatic heterocycles. The number of aliphatic hydroxyl groups is 6. The third-order valence-corrected chi connectivity index (χ3v) is 10.7. The largest absolute Gasteiger partial charge is 0.489 e. The highest BCUT2D eigenvalue weighted by atomic mass is 16.5. The molecule has 6 aromatic rings. The maximum atomic E-state index is 10.7. The van der Waals surface area contributed by atoms with Crippen LogP contribution in [0.15, 0.2) is 133 Å². The molecule has 0 saturated carbocycles. The Kier molecular flexibility index (Phi) is 16.6. The van der Waals surface area contributed by atoms with Crippen molar-refractivity contribution in [1.82, 2.24) is 0 Å². The van der Waals surface area contributed by atoms with Crippen LogP contribution in [0.4, 0.5) is 0 Å². The van der Waals surface area contributed by atoms with Gasteiger partial charge < -0.3 is 40.1 Å². The van der Waals surface area contributed by atoms with Crippen LogP contribution in [0.1, 0.15) is 85.0 Å². The molecule has 6 aromatic carbocycles. The Labute approximate surface area is 355 Å². The molecule has 0 spiro atoms. The lowest BCUT2D eigenvalue weighted by Gasteiger charge is -2.25. The van der Waals surface area contributed by atoms with Crippen LogP contribution in [0, 0.1) is 0 Å². The summed E-state index contributed by atoms with van der Waals surface area (Å²) in [5.74, 6) is 1.52. The lowest BCUT2D eigenvalue weighted by Crippen LogP contribution is -2.29. The van der Waals surface area contributed by atoms with Gasteiger partial charge in [0, 0.05) is 12.8 Å². The van der Waals surface area contributed by atoms with E-state index in [1.807, 2.05) is 131 Å². The average Bonchev–Trinajstić information content (AvgIpc) is 3.27. The van der Waals surface area contributed by atoms with Crippen molar-refractivity contribution in [2.24, 2.45) is 0 Å². The first-order valence-electron chi connectivity index (χ1n) is 20.6. The zero-order chi connectivity index (χ0) is 43.1. The molecule has 6 rings (SSSR count). The Morgan fingerprint density at radius 1 is 0.417 bits per heavy atom. The van der Waals surface area contributed by atoms with Gasteiger partial charge in [0.15, 0.2) is 0 Å². The molecule has 6 N–H and O–H groups in total. The molecule has 0 heterocycles. The van der Waals surface area contributed by atoms with E-state index >= 15 is 0 Å². The molecule has 0 aliphatic rings. The molecule has 0 atom stereocenters.